The highest BCUT2D eigenvalue weighted by molar-refractivity contribution is 6.04. The number of benzene rings is 3. The van der Waals surface area contributed by atoms with Gasteiger partial charge in [0.1, 0.15) is 0 Å². The lowest BCUT2D eigenvalue weighted by Crippen LogP contribution is -2.17. The number of amides is 2. The van der Waals surface area contributed by atoms with Gasteiger partial charge in [0.15, 0.2) is 0 Å². The lowest BCUT2D eigenvalue weighted by molar-refractivity contribution is 0.0954. The Hall–Kier alpha value is -4.19. The third-order valence-electron chi connectivity index (χ3n) is 4.71. The first-order valence-corrected chi connectivity index (χ1v) is 9.48. The third-order valence-corrected chi connectivity index (χ3v) is 4.71. The van der Waals surface area contributed by atoms with E-state index in [9.17, 15) is 9.59 Å². The SMILES string of the molecule is Cc1ccc(C(=O)Nc2ccc(C(=O)N/N=C/c3c[nH]c4ccccc34)cc2)cc1. The molecule has 0 aliphatic heterocycles. The number of rotatable bonds is 5. The molecule has 1 aromatic heterocycles. The molecule has 0 saturated carbocycles. The maximum atomic E-state index is 12.3. The number of aryl methyl sites for hydroxylation is 1. The monoisotopic (exact) mass is 396 g/mol. The van der Waals surface area contributed by atoms with Crippen LogP contribution in [0.4, 0.5) is 5.69 Å². The van der Waals surface area contributed by atoms with E-state index in [1.165, 1.54) is 0 Å². The van der Waals surface area contributed by atoms with Crippen molar-refractivity contribution >= 4 is 34.6 Å². The Balaban J connectivity index is 1.37. The lowest BCUT2D eigenvalue weighted by Gasteiger charge is -2.06. The molecule has 148 valence electrons. The van der Waals surface area contributed by atoms with Crippen molar-refractivity contribution < 1.29 is 9.59 Å². The maximum absolute atomic E-state index is 12.3. The normalized spacial score (nSPS) is 11.0. The zero-order chi connectivity index (χ0) is 20.9. The first-order valence-electron chi connectivity index (χ1n) is 9.48. The molecule has 4 rings (SSSR count). The molecule has 0 fully saturated rings. The molecule has 4 aromatic rings. The Labute approximate surface area is 173 Å². The van der Waals surface area contributed by atoms with Crippen LogP contribution in [0.2, 0.25) is 0 Å². The van der Waals surface area contributed by atoms with Gasteiger partial charge in [-0.2, -0.15) is 5.10 Å². The molecule has 0 saturated heterocycles. The van der Waals surface area contributed by atoms with Crippen LogP contribution in [-0.4, -0.2) is 23.0 Å². The number of nitrogens with zero attached hydrogens (tertiary/aromatic N) is 1. The van der Waals surface area contributed by atoms with Gasteiger partial charge in [-0.05, 0) is 49.4 Å². The topological polar surface area (TPSA) is 86.3 Å². The summed E-state index contributed by atoms with van der Waals surface area (Å²) in [4.78, 5) is 27.7. The second-order valence-corrected chi connectivity index (χ2v) is 6.89. The van der Waals surface area contributed by atoms with Crippen LogP contribution in [0, 0.1) is 6.92 Å². The largest absolute Gasteiger partial charge is 0.361 e. The van der Waals surface area contributed by atoms with E-state index in [2.05, 4.69) is 20.8 Å². The van der Waals surface area contributed by atoms with Crippen LogP contribution in [0.5, 0.6) is 0 Å². The molecule has 3 N–H and O–H groups in total. The molecule has 0 unspecified atom stereocenters. The average Bonchev–Trinajstić information content (AvgIpc) is 3.18. The molecule has 0 radical (unpaired) electrons. The van der Waals surface area contributed by atoms with E-state index in [1.54, 1.807) is 42.6 Å². The number of carbonyl (C=O) groups is 2. The summed E-state index contributed by atoms with van der Waals surface area (Å²) in [5, 5.41) is 7.89. The molecule has 0 aliphatic rings. The molecular weight excluding hydrogens is 376 g/mol. The van der Waals surface area contributed by atoms with Gasteiger partial charge in [0.2, 0.25) is 0 Å². The fraction of sp³-hybridized carbons (Fsp3) is 0.0417. The van der Waals surface area contributed by atoms with Gasteiger partial charge in [-0.3, -0.25) is 9.59 Å². The Morgan fingerprint density at radius 1 is 0.867 bits per heavy atom. The van der Waals surface area contributed by atoms with Gasteiger partial charge in [0.25, 0.3) is 11.8 Å². The standard InChI is InChI=1S/C24H20N4O2/c1-16-6-8-17(9-7-16)23(29)27-20-12-10-18(11-13-20)24(30)28-26-15-19-14-25-22-5-3-2-4-21(19)22/h2-15,25H,1H3,(H,27,29)(H,28,30)/b26-15+. The number of para-hydroxylation sites is 1. The van der Waals surface area contributed by atoms with E-state index in [-0.39, 0.29) is 11.8 Å². The number of hydrogen-bond acceptors (Lipinski definition) is 3. The summed E-state index contributed by atoms with van der Waals surface area (Å²) in [6.45, 7) is 1.97. The first-order chi connectivity index (χ1) is 14.6. The number of hydrazone groups is 1. The minimum atomic E-state index is -0.331. The minimum absolute atomic E-state index is 0.199. The van der Waals surface area contributed by atoms with Crippen LogP contribution in [-0.2, 0) is 0 Å². The summed E-state index contributed by atoms with van der Waals surface area (Å²) in [7, 11) is 0. The lowest BCUT2D eigenvalue weighted by atomic mass is 10.1. The van der Waals surface area contributed by atoms with E-state index < -0.39 is 0 Å². The highest BCUT2D eigenvalue weighted by Gasteiger charge is 2.08. The van der Waals surface area contributed by atoms with Gasteiger partial charge < -0.3 is 10.3 Å². The summed E-state index contributed by atoms with van der Waals surface area (Å²) in [6.07, 6.45) is 3.44. The maximum Gasteiger partial charge on any atom is 0.271 e. The quantitative estimate of drug-likeness (QED) is 0.343. The van der Waals surface area contributed by atoms with Crippen molar-refractivity contribution in [3.05, 3.63) is 101 Å². The second-order valence-electron chi connectivity index (χ2n) is 6.89. The molecule has 30 heavy (non-hydrogen) atoms. The number of aromatic nitrogens is 1. The summed E-state index contributed by atoms with van der Waals surface area (Å²) >= 11 is 0. The number of carbonyl (C=O) groups excluding carboxylic acids is 2. The van der Waals surface area contributed by atoms with Gasteiger partial charge in [-0.1, -0.05) is 35.9 Å². The summed E-state index contributed by atoms with van der Waals surface area (Å²) in [5.41, 5.74) is 7.14. The molecule has 6 heteroatoms. The van der Waals surface area contributed by atoms with Crippen LogP contribution >= 0.6 is 0 Å². The number of nitrogens with one attached hydrogen (secondary N) is 3. The average molecular weight is 396 g/mol. The summed E-state index contributed by atoms with van der Waals surface area (Å²) in [6, 6.07) is 21.8. The third kappa shape index (κ3) is 4.28. The molecule has 0 spiro atoms. The number of aromatic amines is 1. The van der Waals surface area contributed by atoms with Crippen LogP contribution in [0.1, 0.15) is 31.8 Å². The van der Waals surface area contributed by atoms with Gasteiger partial charge in [-0.25, -0.2) is 5.43 Å². The van der Waals surface area contributed by atoms with Gasteiger partial charge in [0.05, 0.1) is 6.21 Å². The van der Waals surface area contributed by atoms with Gasteiger partial charge in [0, 0.05) is 39.5 Å². The van der Waals surface area contributed by atoms with Crippen molar-refractivity contribution in [2.75, 3.05) is 5.32 Å². The number of hydrogen-bond donors (Lipinski definition) is 3. The fourth-order valence-electron chi connectivity index (χ4n) is 3.04. The Morgan fingerprint density at radius 2 is 1.53 bits per heavy atom. The minimum Gasteiger partial charge on any atom is -0.361 e. The second kappa shape index (κ2) is 8.45. The highest BCUT2D eigenvalue weighted by Crippen LogP contribution is 2.16. The van der Waals surface area contributed by atoms with Crippen molar-refractivity contribution in [3.63, 3.8) is 0 Å². The smallest absolute Gasteiger partial charge is 0.271 e. The number of fused-ring (bicyclic) bond motifs is 1. The Morgan fingerprint density at radius 3 is 2.30 bits per heavy atom. The van der Waals surface area contributed by atoms with Crippen molar-refractivity contribution in [1.29, 1.82) is 0 Å². The molecule has 0 bridgehead atoms. The summed E-state index contributed by atoms with van der Waals surface area (Å²) < 4.78 is 0. The van der Waals surface area contributed by atoms with Gasteiger partial charge >= 0.3 is 0 Å². The van der Waals surface area contributed by atoms with Crippen LogP contribution < -0.4 is 10.7 Å². The molecular formula is C24H20N4O2. The van der Waals surface area contributed by atoms with Crippen molar-refractivity contribution in [2.24, 2.45) is 5.10 Å². The Bertz CT molecular complexity index is 1220. The molecule has 2 amide bonds. The van der Waals surface area contributed by atoms with E-state index in [4.69, 9.17) is 0 Å². The van der Waals surface area contributed by atoms with E-state index >= 15 is 0 Å². The van der Waals surface area contributed by atoms with Crippen molar-refractivity contribution in [1.82, 2.24) is 10.4 Å². The van der Waals surface area contributed by atoms with E-state index in [1.807, 2.05) is 49.5 Å². The van der Waals surface area contributed by atoms with Crippen molar-refractivity contribution in [2.45, 2.75) is 6.92 Å². The molecule has 6 nitrogen and oxygen atoms in total. The fourth-order valence-corrected chi connectivity index (χ4v) is 3.04. The van der Waals surface area contributed by atoms with E-state index in [0.717, 1.165) is 22.0 Å². The molecule has 1 heterocycles. The first kappa shape index (κ1) is 19.1. The van der Waals surface area contributed by atoms with E-state index in [0.29, 0.717) is 16.8 Å². The highest BCUT2D eigenvalue weighted by atomic mass is 16.2. The van der Waals surface area contributed by atoms with Crippen LogP contribution in [0.3, 0.4) is 0 Å². The molecule has 0 aliphatic carbocycles. The Kier molecular flexibility index (Phi) is 5.39. The molecule has 0 atom stereocenters. The van der Waals surface area contributed by atoms with Crippen LogP contribution in [0.15, 0.2) is 84.1 Å². The molecule has 3 aromatic carbocycles. The summed E-state index contributed by atoms with van der Waals surface area (Å²) in [5.74, 6) is -0.530. The van der Waals surface area contributed by atoms with Crippen molar-refractivity contribution in [3.8, 4) is 0 Å². The zero-order valence-corrected chi connectivity index (χ0v) is 16.3. The predicted octanol–water partition coefficient (Wildman–Crippen LogP) is 4.49. The zero-order valence-electron chi connectivity index (χ0n) is 16.3. The predicted molar refractivity (Wildman–Crippen MR) is 119 cm³/mol. The van der Waals surface area contributed by atoms with Crippen LogP contribution in [0.25, 0.3) is 10.9 Å². The number of H-pyrrole nitrogens is 1. The number of anilines is 1. The van der Waals surface area contributed by atoms with Gasteiger partial charge in [-0.15, -0.1) is 0 Å².